The molecule has 2 amide bonds. The van der Waals surface area contributed by atoms with Crippen LogP contribution in [0.3, 0.4) is 0 Å². The minimum atomic E-state index is -0.782. The Hall–Kier alpha value is -3.87. The number of pyridine rings is 1. The van der Waals surface area contributed by atoms with Gasteiger partial charge in [0.15, 0.2) is 5.75 Å². The van der Waals surface area contributed by atoms with E-state index in [4.69, 9.17) is 4.74 Å². The minimum Gasteiger partial charge on any atom is -0.455 e. The molecule has 1 saturated heterocycles. The van der Waals surface area contributed by atoms with Crippen LogP contribution in [0.5, 0.6) is 11.5 Å². The summed E-state index contributed by atoms with van der Waals surface area (Å²) < 4.78 is 6.09. The van der Waals surface area contributed by atoms with Crippen molar-refractivity contribution in [1.82, 2.24) is 4.98 Å². The molecule has 0 atom stereocenters. The number of benzene rings is 2. The maximum absolute atomic E-state index is 12.6. The van der Waals surface area contributed by atoms with Crippen LogP contribution in [0.1, 0.15) is 29.7 Å². The van der Waals surface area contributed by atoms with Crippen molar-refractivity contribution in [2.24, 2.45) is 0 Å². The molecule has 0 aliphatic carbocycles. The van der Waals surface area contributed by atoms with E-state index >= 15 is 0 Å². The van der Waals surface area contributed by atoms with Gasteiger partial charge in [-0.05, 0) is 69.0 Å². The first-order chi connectivity index (χ1) is 15.9. The van der Waals surface area contributed by atoms with Gasteiger partial charge < -0.3 is 20.3 Å². The molecule has 0 unspecified atom stereocenters. The highest BCUT2D eigenvalue weighted by Gasteiger charge is 2.19. The second-order valence-corrected chi connectivity index (χ2v) is 8.22. The summed E-state index contributed by atoms with van der Waals surface area (Å²) in [7, 11) is 0. The average Bonchev–Trinajstić information content (AvgIpc) is 3.34. The largest absolute Gasteiger partial charge is 0.455 e. The van der Waals surface area contributed by atoms with Gasteiger partial charge in [0, 0.05) is 13.1 Å². The second kappa shape index (κ2) is 9.73. The molecule has 170 valence electrons. The van der Waals surface area contributed by atoms with E-state index in [1.54, 1.807) is 24.3 Å². The van der Waals surface area contributed by atoms with Gasteiger partial charge in [0.05, 0.1) is 17.1 Å². The summed E-state index contributed by atoms with van der Waals surface area (Å²) >= 11 is 0. The van der Waals surface area contributed by atoms with Gasteiger partial charge in [0.25, 0.3) is 0 Å². The molecule has 2 N–H and O–H groups in total. The molecule has 0 bridgehead atoms. The SMILES string of the molecule is Cc1cccc(C)c1Oc1ccccc1NC(=O)C(=O)Nc1ccc(N2CCCC2)nc1C. The average molecular weight is 445 g/mol. The third kappa shape index (κ3) is 5.14. The number of aromatic nitrogens is 1. The van der Waals surface area contributed by atoms with E-state index in [1.807, 2.05) is 51.1 Å². The third-order valence-electron chi connectivity index (χ3n) is 5.71. The number of carbonyl (C=O) groups is 2. The number of nitrogens with zero attached hydrogens (tertiary/aromatic N) is 2. The van der Waals surface area contributed by atoms with E-state index in [1.165, 1.54) is 0 Å². The van der Waals surface area contributed by atoms with Gasteiger partial charge in [0.1, 0.15) is 11.6 Å². The molecule has 1 aliphatic rings. The lowest BCUT2D eigenvalue weighted by molar-refractivity contribution is -0.133. The Morgan fingerprint density at radius 1 is 0.818 bits per heavy atom. The van der Waals surface area contributed by atoms with Crippen molar-refractivity contribution in [2.45, 2.75) is 33.6 Å². The van der Waals surface area contributed by atoms with Crippen LogP contribution < -0.4 is 20.3 Å². The molecule has 1 aromatic heterocycles. The fourth-order valence-electron chi connectivity index (χ4n) is 3.89. The molecule has 1 fully saturated rings. The molecule has 2 heterocycles. The Labute approximate surface area is 193 Å². The number of aryl methyl sites for hydroxylation is 3. The predicted octanol–water partition coefficient (Wildman–Crippen LogP) is 4.98. The fraction of sp³-hybridized carbons (Fsp3) is 0.269. The highest BCUT2D eigenvalue weighted by Crippen LogP contribution is 2.33. The molecule has 7 heteroatoms. The maximum Gasteiger partial charge on any atom is 0.314 e. The van der Waals surface area contributed by atoms with Gasteiger partial charge in [-0.1, -0.05) is 30.3 Å². The molecule has 0 spiro atoms. The fourth-order valence-corrected chi connectivity index (χ4v) is 3.89. The van der Waals surface area contributed by atoms with Gasteiger partial charge in [-0.3, -0.25) is 9.59 Å². The topological polar surface area (TPSA) is 83.6 Å². The number of hydrogen-bond donors (Lipinski definition) is 2. The molecule has 0 saturated carbocycles. The van der Waals surface area contributed by atoms with Crippen LogP contribution in [-0.4, -0.2) is 29.9 Å². The van der Waals surface area contributed by atoms with Gasteiger partial charge in [-0.2, -0.15) is 0 Å². The Bertz CT molecular complexity index is 1170. The number of amides is 2. The number of anilines is 3. The van der Waals surface area contributed by atoms with Crippen molar-refractivity contribution in [3.63, 3.8) is 0 Å². The minimum absolute atomic E-state index is 0.416. The Morgan fingerprint density at radius 2 is 1.45 bits per heavy atom. The van der Waals surface area contributed by atoms with Crippen LogP contribution in [0.4, 0.5) is 17.2 Å². The maximum atomic E-state index is 12.6. The highest BCUT2D eigenvalue weighted by atomic mass is 16.5. The Kier molecular flexibility index (Phi) is 6.58. The van der Waals surface area contributed by atoms with Crippen LogP contribution in [-0.2, 0) is 9.59 Å². The lowest BCUT2D eigenvalue weighted by atomic mass is 10.1. The first-order valence-corrected chi connectivity index (χ1v) is 11.1. The van der Waals surface area contributed by atoms with Crippen molar-refractivity contribution in [1.29, 1.82) is 0 Å². The number of nitrogens with one attached hydrogen (secondary N) is 2. The molecular weight excluding hydrogens is 416 g/mol. The summed E-state index contributed by atoms with van der Waals surface area (Å²) in [6.45, 7) is 7.72. The van der Waals surface area contributed by atoms with E-state index < -0.39 is 11.8 Å². The van der Waals surface area contributed by atoms with Crippen LogP contribution in [0.15, 0.2) is 54.6 Å². The summed E-state index contributed by atoms with van der Waals surface area (Å²) in [4.78, 5) is 32.0. The van der Waals surface area contributed by atoms with Crippen LogP contribution in [0.25, 0.3) is 0 Å². The van der Waals surface area contributed by atoms with Gasteiger partial charge in [0.2, 0.25) is 0 Å². The standard InChI is InChI=1S/C26H28N4O3/c1-17-9-8-10-18(2)24(17)33-22-12-5-4-11-21(22)29-26(32)25(31)28-20-13-14-23(27-19(20)3)30-15-6-7-16-30/h4-5,8-14H,6-7,15-16H2,1-3H3,(H,28,31)(H,29,32). The summed E-state index contributed by atoms with van der Waals surface area (Å²) in [5.74, 6) is 0.531. The number of rotatable bonds is 5. The summed E-state index contributed by atoms with van der Waals surface area (Å²) in [5.41, 5.74) is 3.56. The summed E-state index contributed by atoms with van der Waals surface area (Å²) in [6.07, 6.45) is 2.32. The Morgan fingerprint density at radius 3 is 2.12 bits per heavy atom. The van der Waals surface area contributed by atoms with Crippen molar-refractivity contribution >= 4 is 29.0 Å². The quantitative estimate of drug-likeness (QED) is 0.543. The van der Waals surface area contributed by atoms with Crippen molar-refractivity contribution < 1.29 is 14.3 Å². The van der Waals surface area contributed by atoms with E-state index in [0.717, 1.165) is 48.6 Å². The Balaban J connectivity index is 1.45. The molecule has 3 aromatic rings. The smallest absolute Gasteiger partial charge is 0.314 e. The number of para-hydroxylation sites is 3. The molecule has 0 radical (unpaired) electrons. The van der Waals surface area contributed by atoms with E-state index in [-0.39, 0.29) is 0 Å². The monoisotopic (exact) mass is 444 g/mol. The van der Waals surface area contributed by atoms with Crippen molar-refractivity contribution in [3.05, 3.63) is 71.4 Å². The lowest BCUT2D eigenvalue weighted by Gasteiger charge is -2.18. The lowest BCUT2D eigenvalue weighted by Crippen LogP contribution is -2.29. The van der Waals surface area contributed by atoms with Crippen LogP contribution >= 0.6 is 0 Å². The van der Waals surface area contributed by atoms with Crippen LogP contribution in [0.2, 0.25) is 0 Å². The zero-order valence-electron chi connectivity index (χ0n) is 19.1. The molecule has 1 aliphatic heterocycles. The number of ether oxygens (including phenoxy) is 1. The molecule has 7 nitrogen and oxygen atoms in total. The zero-order valence-corrected chi connectivity index (χ0v) is 19.1. The van der Waals surface area contributed by atoms with E-state index in [2.05, 4.69) is 20.5 Å². The molecule has 33 heavy (non-hydrogen) atoms. The molecule has 4 rings (SSSR count). The van der Waals surface area contributed by atoms with Crippen LogP contribution in [0, 0.1) is 20.8 Å². The normalized spacial score (nSPS) is 13.0. The molecule has 2 aromatic carbocycles. The first kappa shape index (κ1) is 22.3. The third-order valence-corrected chi connectivity index (χ3v) is 5.71. The van der Waals surface area contributed by atoms with Gasteiger partial charge >= 0.3 is 11.8 Å². The predicted molar refractivity (Wildman–Crippen MR) is 130 cm³/mol. The number of carbonyl (C=O) groups excluding carboxylic acids is 2. The van der Waals surface area contributed by atoms with E-state index in [9.17, 15) is 9.59 Å². The van der Waals surface area contributed by atoms with Gasteiger partial charge in [-0.25, -0.2) is 4.98 Å². The second-order valence-electron chi connectivity index (χ2n) is 8.22. The van der Waals surface area contributed by atoms with Crippen molar-refractivity contribution in [2.75, 3.05) is 28.6 Å². The molecular formula is C26H28N4O3. The van der Waals surface area contributed by atoms with Crippen molar-refractivity contribution in [3.8, 4) is 11.5 Å². The summed E-state index contributed by atoms with van der Waals surface area (Å²) in [5, 5.41) is 5.32. The zero-order chi connectivity index (χ0) is 23.4. The van der Waals surface area contributed by atoms with E-state index in [0.29, 0.717) is 22.8 Å². The summed E-state index contributed by atoms with van der Waals surface area (Å²) in [6, 6.07) is 16.6. The number of hydrogen-bond acceptors (Lipinski definition) is 5. The van der Waals surface area contributed by atoms with Gasteiger partial charge in [-0.15, -0.1) is 0 Å². The highest BCUT2D eigenvalue weighted by molar-refractivity contribution is 6.43. The first-order valence-electron chi connectivity index (χ1n) is 11.1.